The lowest BCUT2D eigenvalue weighted by molar-refractivity contribution is -0.384. The second-order valence-electron chi connectivity index (χ2n) is 6.48. The Balaban J connectivity index is 1.67. The van der Waals surface area contributed by atoms with Gasteiger partial charge in [-0.1, -0.05) is 36.4 Å². The van der Waals surface area contributed by atoms with E-state index in [2.05, 4.69) is 10.2 Å². The van der Waals surface area contributed by atoms with Crippen LogP contribution in [0.15, 0.2) is 109 Å². The van der Waals surface area contributed by atoms with Gasteiger partial charge in [-0.25, -0.2) is 0 Å². The van der Waals surface area contributed by atoms with E-state index in [1.54, 1.807) is 12.1 Å². The van der Waals surface area contributed by atoms with E-state index in [-0.39, 0.29) is 10.6 Å². The van der Waals surface area contributed by atoms with Crippen LogP contribution in [0.3, 0.4) is 0 Å². The van der Waals surface area contributed by atoms with Crippen molar-refractivity contribution in [1.82, 2.24) is 0 Å². The molecule has 29 heavy (non-hydrogen) atoms. The molecule has 0 unspecified atom stereocenters. The third-order valence-electron chi connectivity index (χ3n) is 4.52. The van der Waals surface area contributed by atoms with Gasteiger partial charge in [0.15, 0.2) is 0 Å². The molecule has 0 saturated heterocycles. The Bertz CT molecular complexity index is 1080. The third kappa shape index (κ3) is 4.25. The highest BCUT2D eigenvalue weighted by atomic mass is 16.6. The number of nitro groups is 1. The smallest absolute Gasteiger partial charge is 0.269 e. The van der Waals surface area contributed by atoms with E-state index in [1.807, 2.05) is 84.9 Å². The summed E-state index contributed by atoms with van der Waals surface area (Å²) in [6.45, 7) is 0. The summed E-state index contributed by atoms with van der Waals surface area (Å²) in [5.41, 5.74) is 4.87. The number of nitrogens with one attached hydrogen (secondary N) is 1. The molecule has 0 aliphatic heterocycles. The molecule has 0 heterocycles. The van der Waals surface area contributed by atoms with Crippen molar-refractivity contribution in [3.8, 4) is 0 Å². The van der Waals surface area contributed by atoms with E-state index in [4.69, 9.17) is 0 Å². The summed E-state index contributed by atoms with van der Waals surface area (Å²) in [6, 6.07) is 34.6. The molecule has 4 rings (SSSR count). The number of non-ortho nitro benzene ring substituents is 1. The Morgan fingerprint density at radius 2 is 1.03 bits per heavy atom. The lowest BCUT2D eigenvalue weighted by atomic mass is 10.1. The summed E-state index contributed by atoms with van der Waals surface area (Å²) in [5, 5.41) is 14.4. The van der Waals surface area contributed by atoms with Gasteiger partial charge in [-0.15, -0.1) is 0 Å². The van der Waals surface area contributed by atoms with Gasteiger partial charge >= 0.3 is 0 Å². The Morgan fingerprint density at radius 1 is 0.586 bits per heavy atom. The molecule has 0 aliphatic rings. The molecular weight excluding hydrogens is 362 g/mol. The highest BCUT2D eigenvalue weighted by Gasteiger charge is 2.14. The molecular formula is C24H19N3O2. The van der Waals surface area contributed by atoms with Crippen molar-refractivity contribution in [3.63, 3.8) is 0 Å². The van der Waals surface area contributed by atoms with Crippen LogP contribution in [0.2, 0.25) is 0 Å². The molecule has 4 aromatic carbocycles. The standard InChI is InChI=1S/C24H19N3O2/c28-27(29)24-17-15-23(16-18-24)26(21-9-5-2-6-10-21)22-13-11-20(12-14-22)25-19-7-3-1-4-8-19/h1-18,25H. The summed E-state index contributed by atoms with van der Waals surface area (Å²) in [4.78, 5) is 12.7. The zero-order chi connectivity index (χ0) is 20.1. The normalized spacial score (nSPS) is 10.3. The first-order valence-electron chi connectivity index (χ1n) is 9.22. The quantitative estimate of drug-likeness (QED) is 0.294. The number of anilines is 5. The van der Waals surface area contributed by atoms with Gasteiger partial charge in [-0.3, -0.25) is 10.1 Å². The van der Waals surface area contributed by atoms with E-state index < -0.39 is 0 Å². The minimum Gasteiger partial charge on any atom is -0.356 e. The highest BCUT2D eigenvalue weighted by molar-refractivity contribution is 5.78. The number of nitro benzene ring substituents is 1. The minimum atomic E-state index is -0.388. The van der Waals surface area contributed by atoms with Crippen molar-refractivity contribution in [2.45, 2.75) is 0 Å². The molecule has 0 radical (unpaired) electrons. The Labute approximate surface area is 169 Å². The number of para-hydroxylation sites is 2. The molecule has 0 saturated carbocycles. The number of rotatable bonds is 6. The Morgan fingerprint density at radius 3 is 1.59 bits per heavy atom. The molecule has 0 amide bonds. The summed E-state index contributed by atoms with van der Waals surface area (Å²) < 4.78 is 0. The molecule has 5 heteroatoms. The van der Waals surface area contributed by atoms with Gasteiger partial charge in [0.2, 0.25) is 0 Å². The first-order valence-corrected chi connectivity index (χ1v) is 9.22. The molecule has 0 bridgehead atoms. The predicted octanol–water partition coefficient (Wildman–Crippen LogP) is 6.81. The zero-order valence-corrected chi connectivity index (χ0v) is 15.6. The van der Waals surface area contributed by atoms with E-state index in [9.17, 15) is 10.1 Å². The van der Waals surface area contributed by atoms with Crippen molar-refractivity contribution in [1.29, 1.82) is 0 Å². The van der Waals surface area contributed by atoms with Gasteiger partial charge in [-0.2, -0.15) is 0 Å². The summed E-state index contributed by atoms with van der Waals surface area (Å²) >= 11 is 0. The molecule has 0 spiro atoms. The molecule has 0 fully saturated rings. The van der Waals surface area contributed by atoms with Crippen molar-refractivity contribution in [3.05, 3.63) is 119 Å². The fourth-order valence-electron chi connectivity index (χ4n) is 3.13. The summed E-state index contributed by atoms with van der Waals surface area (Å²) in [7, 11) is 0. The van der Waals surface area contributed by atoms with Crippen molar-refractivity contribution >= 4 is 34.1 Å². The average Bonchev–Trinajstić information content (AvgIpc) is 2.77. The molecule has 0 aliphatic carbocycles. The van der Waals surface area contributed by atoms with Crippen molar-refractivity contribution in [2.75, 3.05) is 10.2 Å². The fourth-order valence-corrected chi connectivity index (χ4v) is 3.13. The molecule has 4 aromatic rings. The van der Waals surface area contributed by atoms with Crippen molar-refractivity contribution < 1.29 is 4.92 Å². The van der Waals surface area contributed by atoms with E-state index in [1.165, 1.54) is 12.1 Å². The lowest BCUT2D eigenvalue weighted by Gasteiger charge is -2.25. The van der Waals surface area contributed by atoms with Gasteiger partial charge in [0.1, 0.15) is 0 Å². The van der Waals surface area contributed by atoms with E-state index in [0.29, 0.717) is 0 Å². The lowest BCUT2D eigenvalue weighted by Crippen LogP contribution is -2.09. The zero-order valence-electron chi connectivity index (χ0n) is 15.6. The second kappa shape index (κ2) is 8.27. The van der Waals surface area contributed by atoms with Crippen LogP contribution in [0, 0.1) is 10.1 Å². The number of benzene rings is 4. The minimum absolute atomic E-state index is 0.0733. The van der Waals surface area contributed by atoms with Crippen LogP contribution in [0.1, 0.15) is 0 Å². The molecule has 5 nitrogen and oxygen atoms in total. The van der Waals surface area contributed by atoms with E-state index in [0.717, 1.165) is 28.4 Å². The van der Waals surface area contributed by atoms with Crippen LogP contribution < -0.4 is 10.2 Å². The topological polar surface area (TPSA) is 58.4 Å². The SMILES string of the molecule is O=[N+]([O-])c1ccc(N(c2ccccc2)c2ccc(Nc3ccccc3)cc2)cc1. The van der Waals surface area contributed by atoms with Crippen LogP contribution in [0.4, 0.5) is 34.1 Å². The first-order chi connectivity index (χ1) is 14.2. The third-order valence-corrected chi connectivity index (χ3v) is 4.52. The van der Waals surface area contributed by atoms with Gasteiger partial charge in [-0.05, 0) is 60.7 Å². The second-order valence-corrected chi connectivity index (χ2v) is 6.48. The fraction of sp³-hybridized carbons (Fsp3) is 0. The van der Waals surface area contributed by atoms with Gasteiger partial charge < -0.3 is 10.2 Å². The summed E-state index contributed by atoms with van der Waals surface area (Å²) in [5.74, 6) is 0. The molecule has 142 valence electrons. The number of hydrogen-bond acceptors (Lipinski definition) is 4. The Hall–Kier alpha value is -4.12. The predicted molar refractivity (Wildman–Crippen MR) is 118 cm³/mol. The van der Waals surface area contributed by atoms with Gasteiger partial charge in [0, 0.05) is 40.6 Å². The van der Waals surface area contributed by atoms with E-state index >= 15 is 0 Å². The first kappa shape index (κ1) is 18.3. The maximum Gasteiger partial charge on any atom is 0.269 e. The monoisotopic (exact) mass is 381 g/mol. The van der Waals surface area contributed by atoms with Crippen LogP contribution in [0.5, 0.6) is 0 Å². The Kier molecular flexibility index (Phi) is 5.21. The largest absolute Gasteiger partial charge is 0.356 e. The number of nitrogens with zero attached hydrogens (tertiary/aromatic N) is 2. The van der Waals surface area contributed by atoms with Crippen LogP contribution in [-0.2, 0) is 0 Å². The molecule has 1 N–H and O–H groups in total. The maximum absolute atomic E-state index is 11.0. The van der Waals surface area contributed by atoms with Crippen molar-refractivity contribution in [2.24, 2.45) is 0 Å². The van der Waals surface area contributed by atoms with Crippen LogP contribution >= 0.6 is 0 Å². The molecule has 0 aromatic heterocycles. The van der Waals surface area contributed by atoms with Crippen LogP contribution in [0.25, 0.3) is 0 Å². The van der Waals surface area contributed by atoms with Crippen LogP contribution in [-0.4, -0.2) is 4.92 Å². The summed E-state index contributed by atoms with van der Waals surface area (Å²) in [6.07, 6.45) is 0. The highest BCUT2D eigenvalue weighted by Crippen LogP contribution is 2.35. The maximum atomic E-state index is 11.0. The molecule has 0 atom stereocenters. The van der Waals surface area contributed by atoms with Gasteiger partial charge in [0.05, 0.1) is 4.92 Å². The number of hydrogen-bond donors (Lipinski definition) is 1. The van der Waals surface area contributed by atoms with Gasteiger partial charge in [0.25, 0.3) is 5.69 Å². The average molecular weight is 381 g/mol.